The lowest BCUT2D eigenvalue weighted by Crippen LogP contribution is -2.54. The number of benzene rings is 1. The first kappa shape index (κ1) is 34.3. The summed E-state index contributed by atoms with van der Waals surface area (Å²) < 4.78 is 22.5. The number of amides is 4. The van der Waals surface area contributed by atoms with E-state index in [4.69, 9.17) is 20.4 Å². The molecule has 16 nitrogen and oxygen atoms in total. The van der Waals surface area contributed by atoms with E-state index in [1.807, 2.05) is 0 Å². The van der Waals surface area contributed by atoms with Crippen molar-refractivity contribution in [2.75, 3.05) is 25.0 Å². The molecule has 0 aromatic heterocycles. The Morgan fingerprint density at radius 2 is 1.86 bits per heavy atom. The van der Waals surface area contributed by atoms with E-state index in [0.717, 1.165) is 0 Å². The zero-order valence-electron chi connectivity index (χ0n) is 25.1. The minimum absolute atomic E-state index is 0.0419. The Morgan fingerprint density at radius 1 is 1.14 bits per heavy atom. The summed E-state index contributed by atoms with van der Waals surface area (Å²) in [6.07, 6.45) is -4.55. The molecular weight excluding hydrogens is 586 g/mol. The average molecular weight is 625 g/mol. The van der Waals surface area contributed by atoms with Gasteiger partial charge in [0, 0.05) is 38.3 Å². The van der Waals surface area contributed by atoms with Gasteiger partial charge in [0.15, 0.2) is 1.37 Å². The van der Waals surface area contributed by atoms with Gasteiger partial charge >= 0.3 is 6.15 Å². The molecule has 2 saturated heterocycles. The van der Waals surface area contributed by atoms with Crippen LogP contribution >= 0.6 is 0 Å². The number of carbonyl (C=O) groups is 5. The van der Waals surface area contributed by atoms with Crippen LogP contribution in [0.25, 0.3) is 0 Å². The molecule has 0 saturated carbocycles. The van der Waals surface area contributed by atoms with Crippen LogP contribution in [0.4, 0.5) is 5.69 Å². The van der Waals surface area contributed by atoms with E-state index in [1.54, 1.807) is 6.92 Å². The summed E-state index contributed by atoms with van der Waals surface area (Å²) in [4.78, 5) is 76.9. The molecule has 0 radical (unpaired) electrons. The number of aliphatic hydroxyl groups is 3. The van der Waals surface area contributed by atoms with Gasteiger partial charge in [-0.25, -0.2) is 0 Å². The van der Waals surface area contributed by atoms with Crippen LogP contribution in [0, 0.1) is 5.92 Å². The Bertz CT molecular complexity index is 1240. The molecule has 242 valence electrons. The predicted octanol–water partition coefficient (Wildman–Crippen LogP) is -1.01. The second-order valence-corrected chi connectivity index (χ2v) is 10.1. The van der Waals surface area contributed by atoms with Gasteiger partial charge in [-0.1, -0.05) is 19.4 Å². The molecule has 0 aliphatic carbocycles. The number of likely N-dealkylation sites (tertiary alicyclic amines) is 1. The third kappa shape index (κ3) is 11.1. The number of hydrogen-bond donors (Lipinski definition) is 5. The molecule has 2 heterocycles. The number of anilines is 1. The molecule has 2 aliphatic heterocycles. The van der Waals surface area contributed by atoms with Gasteiger partial charge in [0.2, 0.25) is 29.9 Å². The minimum Gasteiger partial charge on any atom is -0.463 e. The average Bonchev–Trinajstić information content (AvgIpc) is 3.23. The van der Waals surface area contributed by atoms with Gasteiger partial charge in [-0.2, -0.15) is 9.59 Å². The van der Waals surface area contributed by atoms with Crippen molar-refractivity contribution in [1.29, 1.82) is 0 Å². The maximum Gasteiger partial charge on any atom is 0.373 e. The largest absolute Gasteiger partial charge is 0.463 e. The van der Waals surface area contributed by atoms with E-state index in [2.05, 4.69) is 15.4 Å². The number of unbranched alkanes of at least 4 members (excludes halogenated alkanes) is 2. The number of rotatable bonds is 14. The number of carbonyl (C=O) groups excluding carboxylic acids is 7. The second-order valence-electron chi connectivity index (χ2n) is 10.1. The molecule has 2 fully saturated rings. The molecule has 4 amide bonds. The fourth-order valence-corrected chi connectivity index (χ4v) is 4.42. The van der Waals surface area contributed by atoms with Crippen molar-refractivity contribution >= 4 is 41.9 Å². The highest BCUT2D eigenvalue weighted by molar-refractivity contribution is 6.03. The number of aliphatic hydroxyl groups excluding tert-OH is 3. The number of nitrogens with zero attached hydrogens (tertiary/aromatic N) is 1. The van der Waals surface area contributed by atoms with Crippen molar-refractivity contribution in [3.63, 3.8) is 0 Å². The summed E-state index contributed by atoms with van der Waals surface area (Å²) in [6, 6.07) is 4.34. The highest BCUT2D eigenvalue weighted by atomic mass is 16.7. The SMILES string of the molecule is O=C=O.[2H]C(=O)OCc1ccc(O[C@@H]2OC[C@@H](O)[C@H](O)[C@H]2O)c(NC(=O)CCNC(=O)CCCCCN2C(=O)CC(C)C2=O)c1. The smallest absolute Gasteiger partial charge is 0.373 e. The zero-order valence-corrected chi connectivity index (χ0v) is 24.1. The standard InChI is InChI=1S/C27H37N3O11.CO2/c1-16-11-23(35)30(26(16)38)10-4-2-3-5-21(33)28-9-8-22(34)29-18-12-17(13-39-15-31)6-7-20(18)41-27-25(37)24(36)19(32)14-40-27;2-1-3/h6-7,12,15-16,19,24-25,27,32,36-37H,2-5,8-11,13-14H2,1H3,(H,28,33)(H,29,34);/t16?,19-,24+,25-,27+;/m1./s1/i15D;. The molecule has 2 aliphatic rings. The maximum atomic E-state index is 12.6. The molecular formula is C28H37N3O13. The van der Waals surface area contributed by atoms with Crippen molar-refractivity contribution < 1.29 is 64.5 Å². The third-order valence-corrected chi connectivity index (χ3v) is 6.74. The molecule has 0 spiro atoms. The number of ether oxygens (including phenoxy) is 3. The first-order chi connectivity index (χ1) is 21.4. The molecule has 44 heavy (non-hydrogen) atoms. The van der Waals surface area contributed by atoms with Gasteiger partial charge in [0.1, 0.15) is 30.7 Å². The number of nitrogens with one attached hydrogen (secondary N) is 2. The van der Waals surface area contributed by atoms with Gasteiger partial charge < -0.3 is 40.2 Å². The van der Waals surface area contributed by atoms with Gasteiger partial charge in [-0.15, -0.1) is 0 Å². The van der Waals surface area contributed by atoms with Gasteiger partial charge in [-0.3, -0.25) is 28.9 Å². The van der Waals surface area contributed by atoms with E-state index in [9.17, 15) is 39.3 Å². The van der Waals surface area contributed by atoms with Gasteiger partial charge in [-0.05, 0) is 30.5 Å². The molecule has 3 rings (SSSR count). The summed E-state index contributed by atoms with van der Waals surface area (Å²) in [6.45, 7) is 1.57. The highest BCUT2D eigenvalue weighted by Gasteiger charge is 2.39. The summed E-state index contributed by atoms with van der Waals surface area (Å²) in [7, 11) is 0. The molecule has 5 N–H and O–H groups in total. The van der Waals surface area contributed by atoms with E-state index in [-0.39, 0.29) is 80.2 Å². The van der Waals surface area contributed by atoms with Crippen molar-refractivity contribution in [3.8, 4) is 5.75 Å². The van der Waals surface area contributed by atoms with Crippen molar-refractivity contribution in [2.45, 2.75) is 76.7 Å². The fourth-order valence-electron chi connectivity index (χ4n) is 4.42. The lowest BCUT2D eigenvalue weighted by Gasteiger charge is -2.35. The molecule has 5 atom stereocenters. The first-order valence-corrected chi connectivity index (χ1v) is 13.9. The quantitative estimate of drug-likeness (QED) is 0.0949. The van der Waals surface area contributed by atoms with Crippen LogP contribution in [0.3, 0.4) is 0 Å². The summed E-state index contributed by atoms with van der Waals surface area (Å²) in [5.41, 5.74) is 0.533. The number of hydrogen-bond acceptors (Lipinski definition) is 13. The Morgan fingerprint density at radius 3 is 2.52 bits per heavy atom. The lowest BCUT2D eigenvalue weighted by atomic mass is 10.1. The van der Waals surface area contributed by atoms with Crippen LogP contribution in [0.15, 0.2) is 18.2 Å². The fraction of sp³-hybridized carbons (Fsp3) is 0.571. The molecule has 0 bridgehead atoms. The van der Waals surface area contributed by atoms with E-state index >= 15 is 0 Å². The lowest BCUT2D eigenvalue weighted by molar-refractivity contribution is -0.241. The first-order valence-electron chi connectivity index (χ1n) is 14.4. The molecule has 1 aromatic carbocycles. The van der Waals surface area contributed by atoms with E-state index in [0.29, 0.717) is 31.4 Å². The van der Waals surface area contributed by atoms with Crippen LogP contribution in [-0.4, -0.2) is 101 Å². The normalized spacial score (nSPS) is 23.0. The third-order valence-electron chi connectivity index (χ3n) is 6.74. The topological polar surface area (TPSA) is 235 Å². The Labute approximate surface area is 254 Å². The molecule has 1 unspecified atom stereocenters. The van der Waals surface area contributed by atoms with Crippen LogP contribution in [0.1, 0.15) is 52.4 Å². The zero-order chi connectivity index (χ0) is 33.5. The Hall–Kier alpha value is -4.21. The van der Waals surface area contributed by atoms with E-state index in [1.165, 1.54) is 23.1 Å². The van der Waals surface area contributed by atoms with Crippen molar-refractivity contribution in [1.82, 2.24) is 10.2 Å². The summed E-state index contributed by atoms with van der Waals surface area (Å²) in [5.74, 6) is -1.30. The minimum atomic E-state index is -1.58. The maximum absolute atomic E-state index is 12.6. The van der Waals surface area contributed by atoms with Crippen LogP contribution in [0.2, 0.25) is 0 Å². The monoisotopic (exact) mass is 624 g/mol. The summed E-state index contributed by atoms with van der Waals surface area (Å²) in [5, 5.41) is 35.0. The predicted molar refractivity (Wildman–Crippen MR) is 146 cm³/mol. The van der Waals surface area contributed by atoms with Crippen molar-refractivity contribution in [3.05, 3.63) is 23.8 Å². The Kier molecular flexibility index (Phi) is 14.4. The van der Waals surface area contributed by atoms with E-state index < -0.39 is 37.0 Å². The van der Waals surface area contributed by atoms with Crippen molar-refractivity contribution in [2.24, 2.45) is 5.92 Å². The number of imide groups is 1. The second kappa shape index (κ2) is 18.5. The molecule has 16 heteroatoms. The van der Waals surface area contributed by atoms with Gasteiger partial charge in [0.25, 0.3) is 6.45 Å². The molecule has 1 aromatic rings. The Balaban J connectivity index is 0.00000226. The van der Waals surface area contributed by atoms with Crippen LogP contribution < -0.4 is 15.4 Å². The van der Waals surface area contributed by atoms with Crippen LogP contribution in [0.5, 0.6) is 5.75 Å². The van der Waals surface area contributed by atoms with Crippen LogP contribution in [-0.2, 0) is 49.6 Å². The highest BCUT2D eigenvalue weighted by Crippen LogP contribution is 2.30. The summed E-state index contributed by atoms with van der Waals surface area (Å²) >= 11 is 0. The van der Waals surface area contributed by atoms with Gasteiger partial charge in [0.05, 0.1) is 12.3 Å².